The molecule has 0 aliphatic rings. The molecule has 0 aliphatic heterocycles. The predicted octanol–water partition coefficient (Wildman–Crippen LogP) is 2.88. The van der Waals surface area contributed by atoms with Gasteiger partial charge in [0.25, 0.3) is 0 Å². The molecule has 4 nitrogen and oxygen atoms in total. The minimum absolute atomic E-state index is 0.285. The van der Waals surface area contributed by atoms with Crippen molar-refractivity contribution in [3.63, 3.8) is 0 Å². The largest absolute Gasteiger partial charge is 0.573 e. The zero-order chi connectivity index (χ0) is 14.8. The number of rotatable bonds is 4. The zero-order valence-electron chi connectivity index (χ0n) is 10.6. The van der Waals surface area contributed by atoms with E-state index in [0.717, 1.165) is 6.07 Å². The van der Waals surface area contributed by atoms with Crippen LogP contribution in [-0.2, 0) is 6.54 Å². The third-order valence-corrected chi connectivity index (χ3v) is 2.74. The molecular formula is C13H13F3N2O2. The molecule has 0 amide bonds. The first-order valence-electron chi connectivity index (χ1n) is 5.95. The molecule has 2 rings (SSSR count). The van der Waals surface area contributed by atoms with Crippen molar-refractivity contribution in [2.75, 3.05) is 0 Å². The molecule has 1 aromatic carbocycles. The molecule has 0 saturated heterocycles. The van der Waals surface area contributed by atoms with Crippen LogP contribution in [0, 0.1) is 0 Å². The average molecular weight is 286 g/mol. The van der Waals surface area contributed by atoms with Gasteiger partial charge in [0.2, 0.25) is 0 Å². The van der Waals surface area contributed by atoms with Gasteiger partial charge in [0.05, 0.1) is 0 Å². The van der Waals surface area contributed by atoms with E-state index in [1.165, 1.54) is 24.4 Å². The normalized spacial score (nSPS) is 13.2. The molecule has 7 heteroatoms. The van der Waals surface area contributed by atoms with Crippen LogP contribution in [0.4, 0.5) is 13.2 Å². The Balaban J connectivity index is 2.27. The minimum atomic E-state index is -4.76. The van der Waals surface area contributed by atoms with E-state index in [1.807, 2.05) is 6.92 Å². The van der Waals surface area contributed by atoms with Gasteiger partial charge in [-0.1, -0.05) is 12.1 Å². The molecule has 108 valence electrons. The summed E-state index contributed by atoms with van der Waals surface area (Å²) in [4.78, 5) is 4.02. The highest BCUT2D eigenvalue weighted by atomic mass is 19.4. The van der Waals surface area contributed by atoms with Gasteiger partial charge in [-0.05, 0) is 24.6 Å². The van der Waals surface area contributed by atoms with Crippen LogP contribution in [0.25, 0.3) is 0 Å². The van der Waals surface area contributed by atoms with E-state index < -0.39 is 12.5 Å². The topological polar surface area (TPSA) is 47.3 Å². The molecule has 1 unspecified atom stereocenters. The van der Waals surface area contributed by atoms with E-state index in [2.05, 4.69) is 9.72 Å². The Kier molecular flexibility index (Phi) is 3.99. The van der Waals surface area contributed by atoms with Crippen LogP contribution >= 0.6 is 0 Å². The maximum atomic E-state index is 12.2. The summed E-state index contributed by atoms with van der Waals surface area (Å²) in [5.74, 6) is 0.000290. The quantitative estimate of drug-likeness (QED) is 0.940. The van der Waals surface area contributed by atoms with Crippen LogP contribution in [0.5, 0.6) is 5.75 Å². The molecule has 1 N–H and O–H groups in total. The van der Waals surface area contributed by atoms with Crippen LogP contribution in [-0.4, -0.2) is 21.0 Å². The second-order valence-corrected chi connectivity index (χ2v) is 4.09. The maximum absolute atomic E-state index is 12.2. The fourth-order valence-electron chi connectivity index (χ4n) is 1.87. The molecule has 1 aromatic heterocycles. The van der Waals surface area contributed by atoms with Crippen molar-refractivity contribution in [2.45, 2.75) is 25.9 Å². The lowest BCUT2D eigenvalue weighted by Gasteiger charge is -2.14. The molecule has 1 atom stereocenters. The monoisotopic (exact) mass is 286 g/mol. The second kappa shape index (κ2) is 5.54. The van der Waals surface area contributed by atoms with Crippen LogP contribution in [0.15, 0.2) is 36.7 Å². The van der Waals surface area contributed by atoms with Crippen molar-refractivity contribution in [1.82, 2.24) is 9.55 Å². The number of aromatic nitrogens is 2. The molecular weight excluding hydrogens is 273 g/mol. The van der Waals surface area contributed by atoms with Crippen LogP contribution in [0.3, 0.4) is 0 Å². The van der Waals surface area contributed by atoms with Gasteiger partial charge in [-0.15, -0.1) is 13.2 Å². The number of aryl methyl sites for hydroxylation is 1. The summed E-state index contributed by atoms with van der Waals surface area (Å²) in [6.07, 6.45) is -2.65. The van der Waals surface area contributed by atoms with Gasteiger partial charge in [0.1, 0.15) is 17.7 Å². The van der Waals surface area contributed by atoms with E-state index in [0.29, 0.717) is 12.4 Å². The molecule has 20 heavy (non-hydrogen) atoms. The lowest BCUT2D eigenvalue weighted by atomic mass is 10.1. The number of hydrogen-bond donors (Lipinski definition) is 1. The highest BCUT2D eigenvalue weighted by molar-refractivity contribution is 5.32. The van der Waals surface area contributed by atoms with Crippen molar-refractivity contribution in [3.05, 3.63) is 48.0 Å². The first-order chi connectivity index (χ1) is 9.40. The van der Waals surface area contributed by atoms with Gasteiger partial charge in [0.15, 0.2) is 0 Å². The van der Waals surface area contributed by atoms with Crippen molar-refractivity contribution in [1.29, 1.82) is 0 Å². The summed E-state index contributed by atoms with van der Waals surface area (Å²) in [5.41, 5.74) is 0.285. The minimum Gasteiger partial charge on any atom is -0.406 e. The number of aliphatic hydroxyl groups is 1. The molecule has 0 bridgehead atoms. The lowest BCUT2D eigenvalue weighted by Crippen LogP contribution is -2.17. The van der Waals surface area contributed by atoms with Gasteiger partial charge in [-0.3, -0.25) is 0 Å². The molecule has 0 saturated carbocycles. The van der Waals surface area contributed by atoms with E-state index >= 15 is 0 Å². The fraction of sp³-hybridized carbons (Fsp3) is 0.308. The maximum Gasteiger partial charge on any atom is 0.573 e. The Labute approximate surface area is 113 Å². The Bertz CT molecular complexity index is 581. The van der Waals surface area contributed by atoms with Gasteiger partial charge in [-0.25, -0.2) is 4.98 Å². The van der Waals surface area contributed by atoms with E-state index in [9.17, 15) is 18.3 Å². The van der Waals surface area contributed by atoms with Gasteiger partial charge >= 0.3 is 6.36 Å². The van der Waals surface area contributed by atoms with Crippen molar-refractivity contribution in [3.8, 4) is 5.75 Å². The second-order valence-electron chi connectivity index (χ2n) is 4.09. The van der Waals surface area contributed by atoms with Gasteiger partial charge in [-0.2, -0.15) is 0 Å². The van der Waals surface area contributed by atoms with E-state index in [1.54, 1.807) is 10.8 Å². The standard InChI is InChI=1S/C13H13F3N2O2/c1-2-18-7-6-17-12(18)11(19)9-4-3-5-10(8-9)20-13(14,15)16/h3-8,11,19H,2H2,1H3. The number of aliphatic hydroxyl groups excluding tert-OH is 1. The summed E-state index contributed by atoms with van der Waals surface area (Å²) in [6.45, 7) is 2.48. The number of hydrogen-bond acceptors (Lipinski definition) is 3. The smallest absolute Gasteiger partial charge is 0.406 e. The number of ether oxygens (including phenoxy) is 1. The van der Waals surface area contributed by atoms with Crippen LogP contribution in [0.1, 0.15) is 24.4 Å². The number of imidazole rings is 1. The molecule has 1 heterocycles. The fourth-order valence-corrected chi connectivity index (χ4v) is 1.87. The van der Waals surface area contributed by atoms with Gasteiger partial charge in [0, 0.05) is 18.9 Å². The zero-order valence-corrected chi connectivity index (χ0v) is 10.6. The van der Waals surface area contributed by atoms with Gasteiger partial charge < -0.3 is 14.4 Å². The highest BCUT2D eigenvalue weighted by Gasteiger charge is 2.31. The van der Waals surface area contributed by atoms with E-state index in [-0.39, 0.29) is 11.3 Å². The summed E-state index contributed by atoms with van der Waals surface area (Å²) in [6, 6.07) is 5.23. The van der Waals surface area contributed by atoms with E-state index in [4.69, 9.17) is 0 Å². The average Bonchev–Trinajstić information content (AvgIpc) is 2.84. The molecule has 0 aliphatic carbocycles. The number of alkyl halides is 3. The molecule has 0 fully saturated rings. The molecule has 0 spiro atoms. The number of benzene rings is 1. The third-order valence-electron chi connectivity index (χ3n) is 2.74. The first-order valence-corrected chi connectivity index (χ1v) is 5.95. The molecule has 0 radical (unpaired) electrons. The van der Waals surface area contributed by atoms with Crippen LogP contribution < -0.4 is 4.74 Å². The summed E-state index contributed by atoms with van der Waals surface area (Å²) >= 11 is 0. The number of halogens is 3. The van der Waals surface area contributed by atoms with Crippen molar-refractivity contribution >= 4 is 0 Å². The van der Waals surface area contributed by atoms with Crippen molar-refractivity contribution < 1.29 is 23.0 Å². The summed E-state index contributed by atoms with van der Waals surface area (Å²) in [5, 5.41) is 10.2. The Morgan fingerprint density at radius 1 is 1.40 bits per heavy atom. The lowest BCUT2D eigenvalue weighted by molar-refractivity contribution is -0.274. The Morgan fingerprint density at radius 3 is 2.80 bits per heavy atom. The molecule has 2 aromatic rings. The first kappa shape index (κ1) is 14.4. The highest BCUT2D eigenvalue weighted by Crippen LogP contribution is 2.27. The SMILES string of the molecule is CCn1ccnc1C(O)c1cccc(OC(F)(F)F)c1. The Hall–Kier alpha value is -2.02. The summed E-state index contributed by atoms with van der Waals surface area (Å²) < 4.78 is 42.0. The summed E-state index contributed by atoms with van der Waals surface area (Å²) in [7, 11) is 0. The predicted molar refractivity (Wildman–Crippen MR) is 65.1 cm³/mol. The Morgan fingerprint density at radius 2 is 2.15 bits per heavy atom. The third kappa shape index (κ3) is 3.30. The van der Waals surface area contributed by atoms with Crippen LogP contribution in [0.2, 0.25) is 0 Å². The van der Waals surface area contributed by atoms with Crippen molar-refractivity contribution in [2.24, 2.45) is 0 Å². The number of nitrogens with zero attached hydrogens (tertiary/aromatic N) is 2.